The molecule has 1 aromatic rings. The monoisotopic (exact) mass is 264 g/mol. The van der Waals surface area contributed by atoms with Crippen molar-refractivity contribution >= 4 is 17.5 Å². The normalized spacial score (nSPS) is 18.7. The standard InChI is InChI=1S/C13H16N2O4/c14-13(18)9-7-12(17)15(8-9)10-1-3-11(4-2-10)19-6-5-16/h1-4,9,16H,5-8H2,(H2,14,18). The Kier molecular flexibility index (Phi) is 4.01. The molecule has 0 radical (unpaired) electrons. The lowest BCUT2D eigenvalue weighted by molar-refractivity contribution is -0.123. The highest BCUT2D eigenvalue weighted by Crippen LogP contribution is 2.26. The van der Waals surface area contributed by atoms with E-state index in [0.717, 1.165) is 0 Å². The maximum absolute atomic E-state index is 11.8. The summed E-state index contributed by atoms with van der Waals surface area (Å²) in [5.74, 6) is -0.347. The molecular weight excluding hydrogens is 248 g/mol. The van der Waals surface area contributed by atoms with Crippen LogP contribution in [0.15, 0.2) is 24.3 Å². The molecule has 6 heteroatoms. The van der Waals surface area contributed by atoms with E-state index in [1.807, 2.05) is 0 Å². The first kappa shape index (κ1) is 13.4. The first-order valence-corrected chi connectivity index (χ1v) is 6.05. The molecule has 0 saturated carbocycles. The Bertz CT molecular complexity index is 472. The van der Waals surface area contributed by atoms with Crippen LogP contribution >= 0.6 is 0 Å². The zero-order valence-electron chi connectivity index (χ0n) is 10.4. The zero-order chi connectivity index (χ0) is 13.8. The van der Waals surface area contributed by atoms with Crippen LogP contribution in [0.25, 0.3) is 0 Å². The number of nitrogens with two attached hydrogens (primary N) is 1. The lowest BCUT2D eigenvalue weighted by atomic mass is 10.1. The minimum atomic E-state index is -0.446. The highest BCUT2D eigenvalue weighted by molar-refractivity contribution is 6.00. The Morgan fingerprint density at radius 3 is 2.63 bits per heavy atom. The van der Waals surface area contributed by atoms with Crippen molar-refractivity contribution in [1.82, 2.24) is 0 Å². The molecule has 0 aliphatic carbocycles. The molecule has 1 aliphatic heterocycles. The SMILES string of the molecule is NC(=O)C1CC(=O)N(c2ccc(OCCO)cc2)C1. The second-order valence-corrected chi connectivity index (χ2v) is 4.37. The fourth-order valence-electron chi connectivity index (χ4n) is 2.03. The van der Waals surface area contributed by atoms with Crippen LogP contribution in [-0.4, -0.2) is 36.7 Å². The third-order valence-corrected chi connectivity index (χ3v) is 3.04. The summed E-state index contributed by atoms with van der Waals surface area (Å²) in [6, 6.07) is 6.92. The molecule has 1 fully saturated rings. The van der Waals surface area contributed by atoms with Crippen molar-refractivity contribution in [3.05, 3.63) is 24.3 Å². The lowest BCUT2D eigenvalue weighted by Crippen LogP contribution is -2.28. The molecule has 1 heterocycles. The molecule has 102 valence electrons. The molecule has 3 N–H and O–H groups in total. The van der Waals surface area contributed by atoms with Gasteiger partial charge in [-0.3, -0.25) is 9.59 Å². The molecular formula is C13H16N2O4. The van der Waals surface area contributed by atoms with Gasteiger partial charge in [-0.1, -0.05) is 0 Å². The number of anilines is 1. The predicted octanol–water partition coefficient (Wildman–Crippen LogP) is -0.104. The van der Waals surface area contributed by atoms with Crippen LogP contribution in [0.5, 0.6) is 5.75 Å². The fraction of sp³-hybridized carbons (Fsp3) is 0.385. The number of hydrogen-bond acceptors (Lipinski definition) is 4. The van der Waals surface area contributed by atoms with Crippen molar-refractivity contribution in [3.8, 4) is 5.75 Å². The van der Waals surface area contributed by atoms with Gasteiger partial charge < -0.3 is 20.5 Å². The number of primary amides is 1. The Hall–Kier alpha value is -2.08. The summed E-state index contributed by atoms with van der Waals surface area (Å²) >= 11 is 0. The quantitative estimate of drug-likeness (QED) is 0.776. The number of carbonyl (C=O) groups is 2. The second kappa shape index (κ2) is 5.71. The van der Waals surface area contributed by atoms with Gasteiger partial charge >= 0.3 is 0 Å². The van der Waals surface area contributed by atoms with Crippen LogP contribution in [0, 0.1) is 5.92 Å². The number of carbonyl (C=O) groups excluding carboxylic acids is 2. The summed E-state index contributed by atoms with van der Waals surface area (Å²) in [6.07, 6.45) is 0.165. The summed E-state index contributed by atoms with van der Waals surface area (Å²) in [5, 5.41) is 8.65. The van der Waals surface area contributed by atoms with Crippen LogP contribution in [-0.2, 0) is 9.59 Å². The molecule has 0 aromatic heterocycles. The van der Waals surface area contributed by atoms with Crippen LogP contribution in [0.1, 0.15) is 6.42 Å². The molecule has 1 aromatic carbocycles. The largest absolute Gasteiger partial charge is 0.491 e. The van der Waals surface area contributed by atoms with Crippen molar-refractivity contribution in [2.24, 2.45) is 11.7 Å². The van der Waals surface area contributed by atoms with Crippen LogP contribution in [0.4, 0.5) is 5.69 Å². The van der Waals surface area contributed by atoms with Gasteiger partial charge in [0.2, 0.25) is 11.8 Å². The molecule has 6 nitrogen and oxygen atoms in total. The van der Waals surface area contributed by atoms with Crippen molar-refractivity contribution in [3.63, 3.8) is 0 Å². The van der Waals surface area contributed by atoms with Gasteiger partial charge in [0, 0.05) is 18.7 Å². The summed E-state index contributed by atoms with van der Waals surface area (Å²) in [7, 11) is 0. The average Bonchev–Trinajstić information content (AvgIpc) is 2.79. The Balaban J connectivity index is 2.06. The van der Waals surface area contributed by atoms with Gasteiger partial charge in [0.25, 0.3) is 0 Å². The third-order valence-electron chi connectivity index (χ3n) is 3.04. The molecule has 1 aliphatic rings. The number of rotatable bonds is 5. The number of amides is 2. The van der Waals surface area contributed by atoms with E-state index in [1.165, 1.54) is 0 Å². The van der Waals surface area contributed by atoms with Gasteiger partial charge in [0.05, 0.1) is 12.5 Å². The highest BCUT2D eigenvalue weighted by Gasteiger charge is 2.33. The number of nitrogens with zero attached hydrogens (tertiary/aromatic N) is 1. The number of ether oxygens (including phenoxy) is 1. The molecule has 2 amide bonds. The zero-order valence-corrected chi connectivity index (χ0v) is 10.4. The van der Waals surface area contributed by atoms with Crippen LogP contribution in [0.3, 0.4) is 0 Å². The van der Waals surface area contributed by atoms with Gasteiger partial charge in [-0.05, 0) is 24.3 Å². The number of aliphatic hydroxyl groups excluding tert-OH is 1. The molecule has 0 spiro atoms. The fourth-order valence-corrected chi connectivity index (χ4v) is 2.03. The number of aliphatic hydroxyl groups is 1. The van der Waals surface area contributed by atoms with E-state index in [2.05, 4.69) is 0 Å². The van der Waals surface area contributed by atoms with Gasteiger partial charge in [0.15, 0.2) is 0 Å². The molecule has 0 bridgehead atoms. The topological polar surface area (TPSA) is 92.9 Å². The van der Waals surface area contributed by atoms with Crippen molar-refractivity contribution in [2.45, 2.75) is 6.42 Å². The first-order chi connectivity index (χ1) is 9.11. The average molecular weight is 264 g/mol. The minimum Gasteiger partial charge on any atom is -0.491 e. The summed E-state index contributed by atoms with van der Waals surface area (Å²) in [4.78, 5) is 24.4. The number of hydrogen-bond donors (Lipinski definition) is 2. The first-order valence-electron chi connectivity index (χ1n) is 6.05. The number of benzene rings is 1. The van der Waals surface area contributed by atoms with Gasteiger partial charge in [-0.2, -0.15) is 0 Å². The molecule has 19 heavy (non-hydrogen) atoms. The van der Waals surface area contributed by atoms with E-state index in [1.54, 1.807) is 29.2 Å². The van der Waals surface area contributed by atoms with Crippen molar-refractivity contribution in [1.29, 1.82) is 0 Å². The van der Waals surface area contributed by atoms with Gasteiger partial charge in [0.1, 0.15) is 12.4 Å². The van der Waals surface area contributed by atoms with E-state index in [0.29, 0.717) is 18.0 Å². The molecule has 2 rings (SSSR count). The lowest BCUT2D eigenvalue weighted by Gasteiger charge is -2.16. The summed E-state index contributed by atoms with van der Waals surface area (Å²) in [5.41, 5.74) is 5.93. The van der Waals surface area contributed by atoms with Crippen LogP contribution < -0.4 is 15.4 Å². The van der Waals surface area contributed by atoms with E-state index >= 15 is 0 Å². The highest BCUT2D eigenvalue weighted by atomic mass is 16.5. The van der Waals surface area contributed by atoms with Crippen molar-refractivity contribution < 1.29 is 19.4 Å². The molecule has 1 atom stereocenters. The van der Waals surface area contributed by atoms with Crippen LogP contribution in [0.2, 0.25) is 0 Å². The van der Waals surface area contributed by atoms with E-state index in [4.69, 9.17) is 15.6 Å². The Morgan fingerprint density at radius 1 is 1.42 bits per heavy atom. The van der Waals surface area contributed by atoms with Gasteiger partial charge in [-0.25, -0.2) is 0 Å². The van der Waals surface area contributed by atoms with E-state index in [9.17, 15) is 9.59 Å². The molecule has 1 unspecified atom stereocenters. The van der Waals surface area contributed by atoms with E-state index in [-0.39, 0.29) is 25.5 Å². The predicted molar refractivity (Wildman–Crippen MR) is 68.7 cm³/mol. The second-order valence-electron chi connectivity index (χ2n) is 4.37. The van der Waals surface area contributed by atoms with E-state index < -0.39 is 11.8 Å². The van der Waals surface area contributed by atoms with Crippen molar-refractivity contribution in [2.75, 3.05) is 24.7 Å². The summed E-state index contributed by atoms with van der Waals surface area (Å²) < 4.78 is 5.23. The Labute approximate surface area is 110 Å². The smallest absolute Gasteiger partial charge is 0.227 e. The minimum absolute atomic E-state index is 0.0490. The van der Waals surface area contributed by atoms with Gasteiger partial charge in [-0.15, -0.1) is 0 Å². The maximum atomic E-state index is 11.8. The maximum Gasteiger partial charge on any atom is 0.227 e. The Morgan fingerprint density at radius 2 is 2.11 bits per heavy atom. The summed E-state index contributed by atoms with van der Waals surface area (Å²) in [6.45, 7) is 0.503. The third kappa shape index (κ3) is 3.03. The molecule has 1 saturated heterocycles.